The molecule has 146 valence electrons. The third-order valence-corrected chi connectivity index (χ3v) is 7.23. The molecule has 0 saturated carbocycles. The van der Waals surface area contributed by atoms with Crippen LogP contribution < -0.4 is 5.09 Å². The van der Waals surface area contributed by atoms with E-state index in [9.17, 15) is 4.79 Å². The molecule has 8 heteroatoms. The highest BCUT2D eigenvalue weighted by Crippen LogP contribution is 2.46. The van der Waals surface area contributed by atoms with Crippen molar-refractivity contribution in [1.29, 1.82) is 0 Å². The van der Waals surface area contributed by atoms with Gasteiger partial charge in [0.25, 0.3) is 6.64 Å². The van der Waals surface area contributed by atoms with Gasteiger partial charge in [0.15, 0.2) is 0 Å². The van der Waals surface area contributed by atoms with Gasteiger partial charge in [-0.05, 0) is 78.3 Å². The van der Waals surface area contributed by atoms with Crippen molar-refractivity contribution in [2.24, 2.45) is 5.92 Å². The maximum atomic E-state index is 12.3. The number of fused-ring (bicyclic) bond motifs is 1. The summed E-state index contributed by atoms with van der Waals surface area (Å²) in [5.74, 6) is 0.412. The highest BCUT2D eigenvalue weighted by atomic mass is 32.5. The van der Waals surface area contributed by atoms with Crippen LogP contribution in [0.2, 0.25) is 0 Å². The molecule has 0 bridgehead atoms. The molecular formula is C17H33N2O4PS. The first-order valence-corrected chi connectivity index (χ1v) is 12.1. The molecule has 2 aliphatic heterocycles. The number of nitrogens with zero attached hydrogens (tertiary/aromatic N) is 1. The Labute approximate surface area is 157 Å². The fraction of sp³-hybridized carbons (Fsp3) is 0.941. The summed E-state index contributed by atoms with van der Waals surface area (Å²) in [6.45, 7) is 7.40. The summed E-state index contributed by atoms with van der Waals surface area (Å²) in [7, 11) is 0. The van der Waals surface area contributed by atoms with Crippen LogP contribution >= 0.6 is 6.64 Å². The van der Waals surface area contributed by atoms with Gasteiger partial charge in [-0.2, -0.15) is 0 Å². The van der Waals surface area contributed by atoms with E-state index in [0.29, 0.717) is 18.6 Å². The molecule has 1 N–H and O–H groups in total. The third-order valence-electron chi connectivity index (χ3n) is 4.58. The summed E-state index contributed by atoms with van der Waals surface area (Å²) < 4.78 is 16.9. The number of amides is 1. The molecule has 6 nitrogen and oxygen atoms in total. The van der Waals surface area contributed by atoms with Crippen molar-refractivity contribution >= 4 is 24.5 Å². The lowest BCUT2D eigenvalue weighted by atomic mass is 9.84. The topological polar surface area (TPSA) is 60.0 Å². The molecule has 2 heterocycles. The smallest absolute Gasteiger partial charge is 0.414 e. The second-order valence-corrected chi connectivity index (χ2v) is 10.6. The monoisotopic (exact) mass is 392 g/mol. The van der Waals surface area contributed by atoms with Gasteiger partial charge in [-0.15, -0.1) is 0 Å². The molecule has 0 aromatic heterocycles. The second-order valence-electron chi connectivity index (χ2n) is 7.52. The van der Waals surface area contributed by atoms with Crippen LogP contribution in [0.25, 0.3) is 0 Å². The zero-order valence-corrected chi connectivity index (χ0v) is 17.6. The van der Waals surface area contributed by atoms with E-state index in [0.717, 1.165) is 6.42 Å². The molecule has 25 heavy (non-hydrogen) atoms. The molecule has 0 radical (unpaired) electrons. The van der Waals surface area contributed by atoms with Crippen molar-refractivity contribution in [2.45, 2.75) is 78.0 Å². The Morgan fingerprint density at radius 1 is 1.12 bits per heavy atom. The Hall–Kier alpha value is -0.200. The van der Waals surface area contributed by atoms with Crippen molar-refractivity contribution in [3.63, 3.8) is 0 Å². The zero-order valence-electron chi connectivity index (χ0n) is 15.9. The van der Waals surface area contributed by atoms with Gasteiger partial charge >= 0.3 is 6.09 Å². The van der Waals surface area contributed by atoms with Gasteiger partial charge in [0.1, 0.15) is 0 Å². The Balaban J connectivity index is 1.86. The van der Waals surface area contributed by atoms with Crippen molar-refractivity contribution in [2.75, 3.05) is 19.7 Å². The minimum atomic E-state index is -2.89. The van der Waals surface area contributed by atoms with E-state index in [1.807, 2.05) is 27.7 Å². The Kier molecular flexibility index (Phi) is 8.15. The lowest BCUT2D eigenvalue weighted by Crippen LogP contribution is -2.49. The van der Waals surface area contributed by atoms with Crippen LogP contribution in [0.3, 0.4) is 0 Å². The number of ether oxygens (including phenoxy) is 1. The van der Waals surface area contributed by atoms with E-state index in [1.165, 1.54) is 38.8 Å². The Bertz CT molecular complexity index is 473. The Morgan fingerprint density at radius 2 is 1.76 bits per heavy atom. The van der Waals surface area contributed by atoms with E-state index < -0.39 is 12.7 Å². The molecule has 1 amide bonds. The van der Waals surface area contributed by atoms with Crippen LogP contribution in [-0.2, 0) is 25.6 Å². The average molecular weight is 393 g/mol. The molecule has 0 aliphatic carbocycles. The first-order chi connectivity index (χ1) is 11.8. The molecule has 0 aromatic rings. The molecule has 2 rings (SSSR count). The normalized spacial score (nSPS) is 25.0. The van der Waals surface area contributed by atoms with E-state index in [1.54, 1.807) is 0 Å². The van der Waals surface area contributed by atoms with Crippen LogP contribution in [0.15, 0.2) is 0 Å². The molecule has 0 unspecified atom stereocenters. The number of piperidine rings is 2. The van der Waals surface area contributed by atoms with Gasteiger partial charge < -0.3 is 13.8 Å². The summed E-state index contributed by atoms with van der Waals surface area (Å²) >= 11 is 5.44. The predicted molar refractivity (Wildman–Crippen MR) is 103 cm³/mol. The summed E-state index contributed by atoms with van der Waals surface area (Å²) in [6.07, 6.45) is 5.28. The average Bonchev–Trinajstić information content (AvgIpc) is 2.50. The van der Waals surface area contributed by atoms with E-state index in [4.69, 9.17) is 25.6 Å². The standard InChI is InChI=1S/C17H33N2O4PS/c1-13(2)22-24(25,23-14(3)4)18-17(20)21-12-15-8-7-11-19-10-6-5-9-16(15)19/h13-16H,5-12H2,1-4H3,(H,18,20,25)/t15-,16-/m1/s1. The van der Waals surface area contributed by atoms with Crippen molar-refractivity contribution in [1.82, 2.24) is 9.99 Å². The lowest BCUT2D eigenvalue weighted by Gasteiger charge is -2.44. The molecular weight excluding hydrogens is 359 g/mol. The van der Waals surface area contributed by atoms with E-state index in [-0.39, 0.29) is 12.2 Å². The number of nitrogens with one attached hydrogen (secondary N) is 1. The molecule has 0 spiro atoms. The number of hydrogen-bond acceptors (Lipinski definition) is 6. The molecule has 2 atom stereocenters. The maximum absolute atomic E-state index is 12.3. The SMILES string of the molecule is CC(C)OP(=S)(NC(=O)OC[C@H]1CCCN2CCCC[C@H]12)OC(C)C. The summed E-state index contributed by atoms with van der Waals surface area (Å²) in [6, 6.07) is 0.553. The van der Waals surface area contributed by atoms with Gasteiger partial charge in [-0.1, -0.05) is 6.42 Å². The predicted octanol–water partition coefficient (Wildman–Crippen LogP) is 4.05. The van der Waals surface area contributed by atoms with Gasteiger partial charge in [-0.3, -0.25) is 9.99 Å². The number of carbonyl (C=O) groups is 1. The van der Waals surface area contributed by atoms with E-state index >= 15 is 0 Å². The molecule has 2 saturated heterocycles. The van der Waals surface area contributed by atoms with Crippen LogP contribution in [0.5, 0.6) is 0 Å². The fourth-order valence-electron chi connectivity index (χ4n) is 3.73. The first-order valence-electron chi connectivity index (χ1n) is 9.45. The summed E-state index contributed by atoms with van der Waals surface area (Å²) in [5, 5.41) is 2.67. The van der Waals surface area contributed by atoms with Crippen molar-refractivity contribution < 1.29 is 18.6 Å². The van der Waals surface area contributed by atoms with Crippen molar-refractivity contribution in [3.8, 4) is 0 Å². The van der Waals surface area contributed by atoms with Crippen molar-refractivity contribution in [3.05, 3.63) is 0 Å². The summed E-state index contributed by atoms with van der Waals surface area (Å²) in [4.78, 5) is 14.8. The first kappa shape index (κ1) is 21.1. The number of rotatable bonds is 7. The van der Waals surface area contributed by atoms with Crippen LogP contribution in [0, 0.1) is 5.92 Å². The van der Waals surface area contributed by atoms with Gasteiger partial charge in [0, 0.05) is 12.0 Å². The van der Waals surface area contributed by atoms with Crippen LogP contribution in [-0.4, -0.2) is 48.9 Å². The largest absolute Gasteiger partial charge is 0.449 e. The number of hydrogen-bond donors (Lipinski definition) is 1. The minimum absolute atomic E-state index is 0.126. The number of carbonyl (C=O) groups excluding carboxylic acids is 1. The fourth-order valence-corrected chi connectivity index (χ4v) is 6.54. The van der Waals surface area contributed by atoms with E-state index in [2.05, 4.69) is 9.99 Å². The molecule has 2 aliphatic rings. The maximum Gasteiger partial charge on any atom is 0.414 e. The highest BCUT2D eigenvalue weighted by molar-refractivity contribution is 8.09. The molecule has 2 fully saturated rings. The highest BCUT2D eigenvalue weighted by Gasteiger charge is 2.34. The van der Waals surface area contributed by atoms with Gasteiger partial charge in [-0.25, -0.2) is 4.79 Å². The van der Waals surface area contributed by atoms with Gasteiger partial charge in [0.2, 0.25) is 0 Å². The van der Waals surface area contributed by atoms with Crippen LogP contribution in [0.4, 0.5) is 4.79 Å². The van der Waals surface area contributed by atoms with Crippen LogP contribution in [0.1, 0.15) is 59.8 Å². The summed E-state index contributed by atoms with van der Waals surface area (Å²) in [5.41, 5.74) is 0. The Morgan fingerprint density at radius 3 is 2.40 bits per heavy atom. The van der Waals surface area contributed by atoms with Gasteiger partial charge in [0.05, 0.1) is 18.8 Å². The quantitative estimate of drug-likeness (QED) is 0.660. The minimum Gasteiger partial charge on any atom is -0.449 e. The lowest BCUT2D eigenvalue weighted by molar-refractivity contribution is 0.0240. The zero-order chi connectivity index (χ0) is 18.4. The second kappa shape index (κ2) is 9.65. The molecule has 0 aromatic carbocycles. The third kappa shape index (κ3) is 6.79.